The van der Waals surface area contributed by atoms with Crippen LogP contribution in [0.3, 0.4) is 0 Å². The molecule has 0 saturated carbocycles. The topological polar surface area (TPSA) is 36.1 Å². The van der Waals surface area contributed by atoms with Crippen LogP contribution in [-0.2, 0) is 12.8 Å². The summed E-state index contributed by atoms with van der Waals surface area (Å²) in [5, 5.41) is 1.28. The predicted molar refractivity (Wildman–Crippen MR) is 124 cm³/mol. The monoisotopic (exact) mass is 414 g/mol. The molecule has 4 aromatic rings. The summed E-state index contributed by atoms with van der Waals surface area (Å²) in [6.45, 7) is 0.863. The van der Waals surface area contributed by atoms with Gasteiger partial charge in [0.2, 0.25) is 0 Å². The van der Waals surface area contributed by atoms with Gasteiger partial charge in [0, 0.05) is 41.4 Å². The third-order valence-corrected chi connectivity index (χ3v) is 6.04. The maximum atomic E-state index is 15.1. The minimum absolute atomic E-state index is 0.178. The fourth-order valence-electron chi connectivity index (χ4n) is 4.19. The van der Waals surface area contributed by atoms with Crippen molar-refractivity contribution in [1.29, 1.82) is 0 Å². The molecule has 0 bridgehead atoms. The van der Waals surface area contributed by atoms with E-state index in [2.05, 4.69) is 22.0 Å². The lowest BCUT2D eigenvalue weighted by Crippen LogP contribution is -2.28. The summed E-state index contributed by atoms with van der Waals surface area (Å²) in [5.41, 5.74) is 4.24. The van der Waals surface area contributed by atoms with Crippen molar-refractivity contribution in [3.63, 3.8) is 0 Å². The predicted octanol–water partition coefficient (Wildman–Crippen LogP) is 5.27. The Morgan fingerprint density at radius 2 is 1.77 bits per heavy atom. The zero-order valence-corrected chi connectivity index (χ0v) is 17.0. The minimum Gasteiger partial charge on any atom is -0.335 e. The number of para-hydroxylation sites is 1. The second kappa shape index (κ2) is 7.50. The van der Waals surface area contributed by atoms with Crippen molar-refractivity contribution in [3.8, 4) is 11.1 Å². The maximum absolute atomic E-state index is 15.1. The van der Waals surface area contributed by atoms with Gasteiger partial charge in [0.25, 0.3) is 5.56 Å². The fraction of sp³-hybridized carbons (Fsp3) is 0.120. The SMILES string of the molecule is O=c1[nH]cc(-c2ccc(CC(=S)N3CCc4ccccc43)cc2F)c2ccccc12. The molecule has 2 heterocycles. The van der Waals surface area contributed by atoms with Gasteiger partial charge in [-0.2, -0.15) is 0 Å². The Labute approximate surface area is 178 Å². The fourth-order valence-corrected chi connectivity index (χ4v) is 4.54. The van der Waals surface area contributed by atoms with Crippen LogP contribution in [0.2, 0.25) is 0 Å². The number of halogens is 1. The number of hydrogen-bond acceptors (Lipinski definition) is 2. The first kappa shape index (κ1) is 18.7. The Hall–Kier alpha value is -3.31. The summed E-state index contributed by atoms with van der Waals surface area (Å²) in [4.78, 5) is 17.7. The summed E-state index contributed by atoms with van der Waals surface area (Å²) in [7, 11) is 0. The van der Waals surface area contributed by atoms with Crippen molar-refractivity contribution < 1.29 is 4.39 Å². The van der Waals surface area contributed by atoms with Gasteiger partial charge in [0.15, 0.2) is 0 Å². The lowest BCUT2D eigenvalue weighted by Gasteiger charge is -2.20. The molecule has 1 aliphatic rings. The molecule has 1 aromatic heterocycles. The number of aromatic nitrogens is 1. The van der Waals surface area contributed by atoms with Crippen molar-refractivity contribution in [2.24, 2.45) is 0 Å². The number of benzene rings is 3. The molecule has 0 fully saturated rings. The van der Waals surface area contributed by atoms with E-state index in [1.807, 2.05) is 30.3 Å². The number of thiocarbonyl (C=S) groups is 1. The zero-order chi connectivity index (χ0) is 20.7. The highest BCUT2D eigenvalue weighted by atomic mass is 32.1. The van der Waals surface area contributed by atoms with Crippen molar-refractivity contribution in [2.45, 2.75) is 12.8 Å². The second-order valence-electron chi connectivity index (χ2n) is 7.49. The summed E-state index contributed by atoms with van der Waals surface area (Å²) >= 11 is 5.68. The molecule has 1 aliphatic heterocycles. The highest BCUT2D eigenvalue weighted by molar-refractivity contribution is 7.80. The molecular weight excluding hydrogens is 395 g/mol. The summed E-state index contributed by atoms with van der Waals surface area (Å²) < 4.78 is 15.1. The molecule has 5 rings (SSSR count). The average Bonchev–Trinajstić information content (AvgIpc) is 3.19. The van der Waals surface area contributed by atoms with Crippen LogP contribution in [0.1, 0.15) is 11.1 Å². The number of rotatable bonds is 3. The molecule has 148 valence electrons. The van der Waals surface area contributed by atoms with Gasteiger partial charge < -0.3 is 9.88 Å². The third kappa shape index (κ3) is 3.21. The van der Waals surface area contributed by atoms with E-state index in [1.165, 1.54) is 5.56 Å². The Kier molecular flexibility index (Phi) is 4.68. The standard InChI is InChI=1S/C25H19FN2OS/c26-22-13-16(14-24(30)28-12-11-17-5-1-4-8-23(17)28)9-10-19(22)21-15-27-25(29)20-7-3-2-6-18(20)21/h1-10,13,15H,11-12,14H2,(H,27,29). The van der Waals surface area contributed by atoms with E-state index in [9.17, 15) is 4.79 Å². The van der Waals surface area contributed by atoms with Gasteiger partial charge in [0.1, 0.15) is 5.82 Å². The Balaban J connectivity index is 1.45. The normalized spacial score (nSPS) is 12.9. The largest absolute Gasteiger partial charge is 0.335 e. The maximum Gasteiger partial charge on any atom is 0.255 e. The van der Waals surface area contributed by atoms with Crippen molar-refractivity contribution >= 4 is 33.7 Å². The van der Waals surface area contributed by atoms with Crippen LogP contribution >= 0.6 is 12.2 Å². The summed E-state index contributed by atoms with van der Waals surface area (Å²) in [6, 6.07) is 20.7. The van der Waals surface area contributed by atoms with Gasteiger partial charge in [0.05, 0.1) is 4.99 Å². The van der Waals surface area contributed by atoms with Gasteiger partial charge in [-0.1, -0.05) is 60.7 Å². The molecule has 3 nitrogen and oxygen atoms in total. The molecular formula is C25H19FN2OS. The Morgan fingerprint density at radius 3 is 2.60 bits per heavy atom. The van der Waals surface area contributed by atoms with Crippen LogP contribution in [0.4, 0.5) is 10.1 Å². The van der Waals surface area contributed by atoms with E-state index in [4.69, 9.17) is 12.2 Å². The van der Waals surface area contributed by atoms with E-state index < -0.39 is 0 Å². The number of anilines is 1. The second-order valence-corrected chi connectivity index (χ2v) is 7.96. The van der Waals surface area contributed by atoms with Gasteiger partial charge in [-0.05, 0) is 41.1 Å². The number of pyridine rings is 1. The van der Waals surface area contributed by atoms with Gasteiger partial charge in [-0.15, -0.1) is 0 Å². The van der Waals surface area contributed by atoms with Gasteiger partial charge in [-0.3, -0.25) is 4.79 Å². The first-order valence-corrected chi connectivity index (χ1v) is 10.3. The quantitative estimate of drug-likeness (QED) is 0.464. The lowest BCUT2D eigenvalue weighted by molar-refractivity contribution is 0.630. The van der Waals surface area contributed by atoms with Crippen molar-refractivity contribution in [3.05, 3.63) is 100 Å². The third-order valence-electron chi connectivity index (χ3n) is 5.68. The van der Waals surface area contributed by atoms with E-state index in [-0.39, 0.29) is 11.4 Å². The molecule has 0 spiro atoms. The number of fused-ring (bicyclic) bond motifs is 2. The average molecular weight is 415 g/mol. The van der Waals surface area contributed by atoms with Crippen molar-refractivity contribution in [2.75, 3.05) is 11.4 Å². The van der Waals surface area contributed by atoms with Crippen LogP contribution in [0, 0.1) is 5.82 Å². The highest BCUT2D eigenvalue weighted by Crippen LogP contribution is 2.31. The van der Waals surface area contributed by atoms with E-state index >= 15 is 4.39 Å². The molecule has 30 heavy (non-hydrogen) atoms. The van der Waals surface area contributed by atoms with E-state index in [0.29, 0.717) is 22.9 Å². The number of nitrogens with zero attached hydrogens (tertiary/aromatic N) is 1. The molecule has 0 atom stereocenters. The molecule has 1 N–H and O–H groups in total. The number of H-pyrrole nitrogens is 1. The molecule has 0 amide bonds. The Morgan fingerprint density at radius 1 is 1.00 bits per heavy atom. The zero-order valence-electron chi connectivity index (χ0n) is 16.2. The van der Waals surface area contributed by atoms with E-state index in [0.717, 1.165) is 34.6 Å². The molecule has 5 heteroatoms. The molecule has 0 saturated heterocycles. The first-order chi connectivity index (χ1) is 14.6. The summed E-state index contributed by atoms with van der Waals surface area (Å²) in [6.07, 6.45) is 3.06. The smallest absolute Gasteiger partial charge is 0.255 e. The molecule has 0 radical (unpaired) electrons. The number of hydrogen-bond donors (Lipinski definition) is 1. The van der Waals surface area contributed by atoms with Crippen LogP contribution in [0.5, 0.6) is 0 Å². The molecule has 3 aromatic carbocycles. The highest BCUT2D eigenvalue weighted by Gasteiger charge is 2.22. The number of nitrogens with one attached hydrogen (secondary N) is 1. The van der Waals surface area contributed by atoms with Crippen LogP contribution < -0.4 is 10.5 Å². The lowest BCUT2D eigenvalue weighted by atomic mass is 9.98. The minimum atomic E-state index is -0.325. The Bertz CT molecular complexity index is 1340. The number of aromatic amines is 1. The van der Waals surface area contributed by atoms with Crippen LogP contribution in [0.25, 0.3) is 21.9 Å². The first-order valence-electron chi connectivity index (χ1n) is 9.89. The molecule has 0 aliphatic carbocycles. The van der Waals surface area contributed by atoms with E-state index in [1.54, 1.807) is 30.5 Å². The van der Waals surface area contributed by atoms with Crippen LogP contribution in [-0.4, -0.2) is 16.5 Å². The van der Waals surface area contributed by atoms with Crippen LogP contribution in [0.15, 0.2) is 77.7 Å². The van der Waals surface area contributed by atoms with Crippen molar-refractivity contribution in [1.82, 2.24) is 4.98 Å². The van der Waals surface area contributed by atoms with Gasteiger partial charge in [-0.25, -0.2) is 4.39 Å². The molecule has 0 unspecified atom stereocenters. The summed E-state index contributed by atoms with van der Waals surface area (Å²) in [5.74, 6) is -0.325. The van der Waals surface area contributed by atoms with Gasteiger partial charge >= 0.3 is 0 Å².